The molecule has 0 aromatic heterocycles. The van der Waals surface area contributed by atoms with E-state index in [0.717, 1.165) is 6.26 Å². The minimum atomic E-state index is -3.58. The lowest BCUT2D eigenvalue weighted by Gasteiger charge is -2.18. The van der Waals surface area contributed by atoms with Gasteiger partial charge in [-0.25, -0.2) is 17.5 Å². The van der Waals surface area contributed by atoms with Gasteiger partial charge in [-0.1, -0.05) is 18.2 Å². The van der Waals surface area contributed by atoms with Crippen molar-refractivity contribution < 1.29 is 27.1 Å². The van der Waals surface area contributed by atoms with E-state index >= 15 is 0 Å². The molecule has 0 aliphatic carbocycles. The summed E-state index contributed by atoms with van der Waals surface area (Å²) < 4.78 is 49.5. The van der Waals surface area contributed by atoms with Crippen molar-refractivity contribution >= 4 is 15.9 Å². The maximum absolute atomic E-state index is 13.2. The topological polar surface area (TPSA) is 93.7 Å². The highest BCUT2D eigenvalue weighted by atomic mass is 32.2. The summed E-state index contributed by atoms with van der Waals surface area (Å²) in [4.78, 5) is 12.5. The lowest BCUT2D eigenvalue weighted by atomic mass is 10.0. The van der Waals surface area contributed by atoms with Crippen LogP contribution in [0.5, 0.6) is 11.5 Å². The Kier molecular flexibility index (Phi) is 7.36. The number of amides is 1. The second-order valence-corrected chi connectivity index (χ2v) is 7.90. The molecular weight excluding hydrogens is 387 g/mol. The number of carbonyl (C=O) groups is 1. The zero-order valence-corrected chi connectivity index (χ0v) is 16.7. The molecule has 0 fully saturated rings. The van der Waals surface area contributed by atoms with Crippen molar-refractivity contribution in [1.82, 2.24) is 10.0 Å². The van der Waals surface area contributed by atoms with E-state index in [1.54, 1.807) is 18.2 Å². The Bertz CT molecular complexity index is 894. The minimum absolute atomic E-state index is 0.140. The maximum atomic E-state index is 13.2. The first-order valence-electron chi connectivity index (χ1n) is 8.43. The fraction of sp³-hybridized carbons (Fsp3) is 0.316. The first-order valence-corrected chi connectivity index (χ1v) is 10.3. The predicted molar refractivity (Wildman–Crippen MR) is 103 cm³/mol. The van der Waals surface area contributed by atoms with E-state index in [1.165, 1.54) is 38.5 Å². The fourth-order valence-corrected chi connectivity index (χ4v) is 3.46. The van der Waals surface area contributed by atoms with Gasteiger partial charge in [0.25, 0.3) is 0 Å². The molecule has 1 unspecified atom stereocenters. The number of hydrogen-bond acceptors (Lipinski definition) is 5. The number of ether oxygens (including phenoxy) is 2. The zero-order valence-electron chi connectivity index (χ0n) is 15.9. The number of carbonyl (C=O) groups excluding carboxylic acids is 1. The molecule has 9 heteroatoms. The quantitative estimate of drug-likeness (QED) is 0.661. The van der Waals surface area contributed by atoms with Crippen LogP contribution in [0.1, 0.15) is 23.6 Å². The van der Waals surface area contributed by atoms with Gasteiger partial charge in [-0.2, -0.15) is 0 Å². The molecule has 0 saturated carbocycles. The average Bonchev–Trinajstić information content (AvgIpc) is 2.65. The molecule has 28 heavy (non-hydrogen) atoms. The lowest BCUT2D eigenvalue weighted by Crippen LogP contribution is -2.33. The third-order valence-electron chi connectivity index (χ3n) is 4.01. The fourth-order valence-electron chi connectivity index (χ4n) is 2.73. The van der Waals surface area contributed by atoms with Crippen LogP contribution in [0.25, 0.3) is 0 Å². The van der Waals surface area contributed by atoms with Gasteiger partial charge in [0.05, 0.1) is 38.6 Å². The van der Waals surface area contributed by atoms with E-state index in [4.69, 9.17) is 9.47 Å². The lowest BCUT2D eigenvalue weighted by molar-refractivity contribution is -0.121. The molecule has 2 rings (SSSR count). The van der Waals surface area contributed by atoms with Gasteiger partial charge >= 0.3 is 0 Å². The Labute approximate surface area is 163 Å². The summed E-state index contributed by atoms with van der Waals surface area (Å²) in [7, 11) is -0.550. The minimum Gasteiger partial charge on any atom is -0.496 e. The van der Waals surface area contributed by atoms with E-state index in [9.17, 15) is 17.6 Å². The molecule has 0 spiro atoms. The Morgan fingerprint density at radius 2 is 1.64 bits per heavy atom. The standard InChI is InChI=1S/C19H23FN2O5S/c1-26-17-5-4-6-18(27-2)15(17)12-21-19(23)11-16(22-28(3,24)25)13-7-9-14(20)10-8-13/h4-10,16,22H,11-12H2,1-3H3,(H,21,23). The van der Waals surface area contributed by atoms with Gasteiger partial charge in [0.1, 0.15) is 17.3 Å². The molecule has 0 aliphatic heterocycles. The predicted octanol–water partition coefficient (Wildman–Crippen LogP) is 2.14. The molecule has 0 bridgehead atoms. The maximum Gasteiger partial charge on any atom is 0.222 e. The van der Waals surface area contributed by atoms with Crippen molar-refractivity contribution in [3.05, 3.63) is 59.4 Å². The number of rotatable bonds is 9. The van der Waals surface area contributed by atoms with Crippen LogP contribution in [0.3, 0.4) is 0 Å². The molecule has 0 saturated heterocycles. The second kappa shape index (κ2) is 9.52. The second-order valence-electron chi connectivity index (χ2n) is 6.12. The number of nitrogens with one attached hydrogen (secondary N) is 2. The van der Waals surface area contributed by atoms with Crippen LogP contribution in [0.15, 0.2) is 42.5 Å². The van der Waals surface area contributed by atoms with Crippen molar-refractivity contribution in [1.29, 1.82) is 0 Å². The van der Waals surface area contributed by atoms with Crippen LogP contribution in [0, 0.1) is 5.82 Å². The van der Waals surface area contributed by atoms with Crippen LogP contribution in [-0.4, -0.2) is 34.8 Å². The summed E-state index contributed by atoms with van der Waals surface area (Å²) in [6.45, 7) is 0.140. The monoisotopic (exact) mass is 410 g/mol. The molecular formula is C19H23FN2O5S. The van der Waals surface area contributed by atoms with Crippen LogP contribution in [0.2, 0.25) is 0 Å². The Balaban J connectivity index is 2.13. The van der Waals surface area contributed by atoms with Crippen LogP contribution >= 0.6 is 0 Å². The average molecular weight is 410 g/mol. The van der Waals surface area contributed by atoms with Gasteiger partial charge in [0.2, 0.25) is 15.9 Å². The highest BCUT2D eigenvalue weighted by Crippen LogP contribution is 2.28. The van der Waals surface area contributed by atoms with E-state index in [2.05, 4.69) is 10.0 Å². The smallest absolute Gasteiger partial charge is 0.222 e. The highest BCUT2D eigenvalue weighted by Gasteiger charge is 2.20. The molecule has 0 heterocycles. The Morgan fingerprint density at radius 3 is 2.14 bits per heavy atom. The summed E-state index contributed by atoms with van der Waals surface area (Å²) in [6, 6.07) is 9.74. The number of methoxy groups -OCH3 is 2. The number of benzene rings is 2. The van der Waals surface area contributed by atoms with Gasteiger partial charge in [0, 0.05) is 6.42 Å². The van der Waals surface area contributed by atoms with Gasteiger partial charge in [0.15, 0.2) is 0 Å². The van der Waals surface area contributed by atoms with Crippen LogP contribution in [-0.2, 0) is 21.4 Å². The molecule has 2 N–H and O–H groups in total. The van der Waals surface area contributed by atoms with E-state index in [0.29, 0.717) is 22.6 Å². The molecule has 2 aromatic carbocycles. The van der Waals surface area contributed by atoms with Crippen molar-refractivity contribution in [2.75, 3.05) is 20.5 Å². The van der Waals surface area contributed by atoms with Crippen molar-refractivity contribution in [3.63, 3.8) is 0 Å². The zero-order chi connectivity index (χ0) is 20.7. The van der Waals surface area contributed by atoms with Gasteiger partial charge in [-0.15, -0.1) is 0 Å². The van der Waals surface area contributed by atoms with Crippen LogP contribution < -0.4 is 19.5 Å². The summed E-state index contributed by atoms with van der Waals surface area (Å²) >= 11 is 0. The molecule has 152 valence electrons. The normalized spacial score (nSPS) is 12.3. The Hall–Kier alpha value is -2.65. The molecule has 0 radical (unpaired) electrons. The molecule has 1 amide bonds. The van der Waals surface area contributed by atoms with Crippen LogP contribution in [0.4, 0.5) is 4.39 Å². The van der Waals surface area contributed by atoms with E-state index < -0.39 is 27.8 Å². The molecule has 1 atom stereocenters. The summed E-state index contributed by atoms with van der Waals surface area (Å²) in [5.74, 6) is 0.279. The third-order valence-corrected chi connectivity index (χ3v) is 4.72. The highest BCUT2D eigenvalue weighted by molar-refractivity contribution is 7.88. The summed E-state index contributed by atoms with van der Waals surface area (Å²) in [6.07, 6.45) is 0.845. The van der Waals surface area contributed by atoms with Gasteiger partial charge in [-0.3, -0.25) is 4.79 Å². The van der Waals surface area contributed by atoms with Gasteiger partial charge < -0.3 is 14.8 Å². The molecule has 0 aliphatic rings. The third kappa shape index (κ3) is 6.21. The SMILES string of the molecule is COc1cccc(OC)c1CNC(=O)CC(NS(C)(=O)=O)c1ccc(F)cc1. The largest absolute Gasteiger partial charge is 0.496 e. The first-order chi connectivity index (χ1) is 13.2. The van der Waals surface area contributed by atoms with Crippen molar-refractivity contribution in [2.24, 2.45) is 0 Å². The number of sulfonamides is 1. The van der Waals surface area contributed by atoms with E-state index in [1.807, 2.05) is 0 Å². The molecule has 2 aromatic rings. The van der Waals surface area contributed by atoms with Crippen molar-refractivity contribution in [2.45, 2.75) is 19.0 Å². The Morgan fingerprint density at radius 1 is 1.07 bits per heavy atom. The summed E-state index contributed by atoms with van der Waals surface area (Å²) in [5, 5.41) is 2.74. The van der Waals surface area contributed by atoms with E-state index in [-0.39, 0.29) is 13.0 Å². The number of hydrogen-bond donors (Lipinski definition) is 2. The summed E-state index contributed by atoms with van der Waals surface area (Å²) in [5.41, 5.74) is 1.15. The van der Waals surface area contributed by atoms with Crippen molar-refractivity contribution in [3.8, 4) is 11.5 Å². The molecule has 7 nitrogen and oxygen atoms in total. The first kappa shape index (κ1) is 21.6. The number of halogens is 1. The van der Waals surface area contributed by atoms with Gasteiger partial charge in [-0.05, 0) is 29.8 Å².